The molecule has 4 rings (SSSR count). The Bertz CT molecular complexity index is 679. The van der Waals surface area contributed by atoms with Crippen LogP contribution in [0.4, 0.5) is 0 Å². The topological polar surface area (TPSA) is 101 Å². The molecular formula is C27H47NO4. The van der Waals surface area contributed by atoms with Gasteiger partial charge in [-0.3, -0.25) is 9.59 Å². The molecule has 0 saturated heterocycles. The molecule has 5 nitrogen and oxygen atoms in total. The van der Waals surface area contributed by atoms with Gasteiger partial charge in [0.05, 0.1) is 0 Å². The highest BCUT2D eigenvalue weighted by Crippen LogP contribution is 2.68. The summed E-state index contributed by atoms with van der Waals surface area (Å²) in [5, 5.41) is 17.0. The molecule has 4 fully saturated rings. The highest BCUT2D eigenvalue weighted by Gasteiger charge is 2.60. The monoisotopic (exact) mass is 449 g/mol. The predicted octanol–water partition coefficient (Wildman–Crippen LogP) is 5.95. The van der Waals surface area contributed by atoms with E-state index in [1.54, 1.807) is 0 Å². The molecule has 32 heavy (non-hydrogen) atoms. The van der Waals surface area contributed by atoms with Crippen LogP contribution in [0.25, 0.3) is 0 Å². The van der Waals surface area contributed by atoms with E-state index in [-0.39, 0.29) is 0 Å². The van der Waals surface area contributed by atoms with E-state index in [0.29, 0.717) is 23.2 Å². The zero-order valence-corrected chi connectivity index (χ0v) is 20.8. The van der Waals surface area contributed by atoms with Crippen molar-refractivity contribution < 1.29 is 19.8 Å². The first-order valence-electron chi connectivity index (χ1n) is 13.2. The molecule has 4 aliphatic rings. The van der Waals surface area contributed by atoms with E-state index in [9.17, 15) is 9.59 Å². The second-order valence-electron chi connectivity index (χ2n) is 12.2. The van der Waals surface area contributed by atoms with Gasteiger partial charge in [0.15, 0.2) is 0 Å². The molecule has 4 aliphatic carbocycles. The van der Waals surface area contributed by atoms with Gasteiger partial charge in [0.2, 0.25) is 0 Å². The minimum absolute atomic E-state index is 0.351. The molecule has 0 aromatic carbocycles. The number of carboxylic acid groups (broad SMARTS) is 2. The summed E-state index contributed by atoms with van der Waals surface area (Å²) >= 11 is 0. The smallest absolute Gasteiger partial charge is 0.320 e. The van der Waals surface area contributed by atoms with Crippen LogP contribution < -0.4 is 5.73 Å². The van der Waals surface area contributed by atoms with Crippen molar-refractivity contribution in [3.8, 4) is 0 Å². The fourth-order valence-corrected chi connectivity index (χ4v) is 8.82. The van der Waals surface area contributed by atoms with E-state index in [1.807, 2.05) is 0 Å². The third-order valence-corrected chi connectivity index (χ3v) is 10.5. The Morgan fingerprint density at radius 3 is 2.19 bits per heavy atom. The average molecular weight is 450 g/mol. The van der Waals surface area contributed by atoms with Crippen molar-refractivity contribution >= 4 is 11.9 Å². The second kappa shape index (κ2) is 10.0. The van der Waals surface area contributed by atoms with E-state index in [0.717, 1.165) is 36.0 Å². The van der Waals surface area contributed by atoms with Gasteiger partial charge in [0.25, 0.3) is 0 Å². The largest absolute Gasteiger partial charge is 0.481 e. The highest BCUT2D eigenvalue weighted by molar-refractivity contribution is 5.72. The van der Waals surface area contributed by atoms with Gasteiger partial charge in [-0.25, -0.2) is 0 Å². The molecule has 0 spiro atoms. The maximum Gasteiger partial charge on any atom is 0.320 e. The molecular weight excluding hydrogens is 402 g/mol. The zero-order valence-electron chi connectivity index (χ0n) is 20.8. The summed E-state index contributed by atoms with van der Waals surface area (Å²) < 4.78 is 0. The van der Waals surface area contributed by atoms with Gasteiger partial charge in [-0.1, -0.05) is 33.6 Å². The van der Waals surface area contributed by atoms with Gasteiger partial charge >= 0.3 is 11.9 Å². The van der Waals surface area contributed by atoms with Crippen LogP contribution in [0.1, 0.15) is 105 Å². The molecule has 0 aromatic heterocycles. The number of rotatable bonds is 5. The number of fused-ring (bicyclic) bond motifs is 5. The summed E-state index contributed by atoms with van der Waals surface area (Å²) in [7, 11) is 0. The Hall–Kier alpha value is -1.10. The van der Waals surface area contributed by atoms with Gasteiger partial charge in [0, 0.05) is 6.42 Å². The van der Waals surface area contributed by atoms with Gasteiger partial charge in [0.1, 0.15) is 6.04 Å². The molecule has 184 valence electrons. The summed E-state index contributed by atoms with van der Waals surface area (Å²) in [6.07, 6.45) is 15.7. The van der Waals surface area contributed by atoms with Crippen LogP contribution in [0, 0.1) is 46.3 Å². The van der Waals surface area contributed by atoms with Crippen LogP contribution in [0.5, 0.6) is 0 Å². The average Bonchev–Trinajstić information content (AvgIpc) is 3.09. The van der Waals surface area contributed by atoms with Gasteiger partial charge < -0.3 is 15.9 Å². The Balaban J connectivity index is 0.000000427. The van der Waals surface area contributed by atoms with Crippen LogP contribution in [0.3, 0.4) is 0 Å². The van der Waals surface area contributed by atoms with Crippen LogP contribution in [-0.2, 0) is 9.59 Å². The lowest BCUT2D eigenvalue weighted by Crippen LogP contribution is -2.53. The fourth-order valence-electron chi connectivity index (χ4n) is 8.82. The van der Waals surface area contributed by atoms with Crippen LogP contribution >= 0.6 is 0 Å². The molecule has 0 heterocycles. The van der Waals surface area contributed by atoms with Crippen LogP contribution in [0.2, 0.25) is 0 Å². The summed E-state index contributed by atoms with van der Waals surface area (Å²) in [6.45, 7) is 9.02. The number of aliphatic carboxylic acids is 2. The molecule has 0 bridgehead atoms. The first kappa shape index (κ1) is 25.5. The van der Waals surface area contributed by atoms with Crippen molar-refractivity contribution in [2.45, 2.75) is 111 Å². The Labute approximate surface area is 194 Å². The summed E-state index contributed by atoms with van der Waals surface area (Å²) in [5.41, 5.74) is 5.95. The van der Waals surface area contributed by atoms with E-state index >= 15 is 0 Å². The number of hydrogen-bond acceptors (Lipinski definition) is 3. The van der Waals surface area contributed by atoms with Crippen molar-refractivity contribution in [3.63, 3.8) is 0 Å². The molecule has 0 radical (unpaired) electrons. The number of carboxylic acids is 2. The highest BCUT2D eigenvalue weighted by atomic mass is 16.4. The summed E-state index contributed by atoms with van der Waals surface area (Å²) in [5.74, 6) is 3.60. The Morgan fingerprint density at radius 2 is 1.56 bits per heavy atom. The third-order valence-electron chi connectivity index (χ3n) is 10.5. The van der Waals surface area contributed by atoms with E-state index in [1.165, 1.54) is 71.1 Å². The standard InChI is InChI=1S/C24H40O2.C3H7NO2/c1-16(7-12-22(25)26)19-10-11-20-18-9-8-17-6-4-5-14-23(17,2)21(18)13-15-24(19,20)3;1-2(4)3(5)6/h16-21H,4-15H2,1-3H3,(H,25,26);2H,4H2,1H3,(H,5,6)/t16-,17?,18+,19-,20+,21+,23+,24-;2-/m10/s1. The van der Waals surface area contributed by atoms with Crippen molar-refractivity contribution in [1.82, 2.24) is 0 Å². The molecule has 4 saturated carbocycles. The molecule has 0 aliphatic heterocycles. The lowest BCUT2D eigenvalue weighted by molar-refractivity contribution is -0.138. The quantitative estimate of drug-likeness (QED) is 0.481. The van der Waals surface area contributed by atoms with Gasteiger partial charge in [-0.15, -0.1) is 0 Å². The van der Waals surface area contributed by atoms with Crippen LogP contribution in [-0.4, -0.2) is 28.2 Å². The lowest BCUT2D eigenvalue weighted by Gasteiger charge is -2.61. The van der Waals surface area contributed by atoms with Crippen molar-refractivity contribution in [3.05, 3.63) is 0 Å². The minimum Gasteiger partial charge on any atom is -0.481 e. The van der Waals surface area contributed by atoms with E-state index in [4.69, 9.17) is 15.9 Å². The van der Waals surface area contributed by atoms with Crippen molar-refractivity contribution in [2.75, 3.05) is 0 Å². The molecule has 5 heteroatoms. The molecule has 0 amide bonds. The van der Waals surface area contributed by atoms with Gasteiger partial charge in [-0.2, -0.15) is 0 Å². The van der Waals surface area contributed by atoms with E-state index in [2.05, 4.69) is 20.8 Å². The van der Waals surface area contributed by atoms with Crippen LogP contribution in [0.15, 0.2) is 0 Å². The SMILES string of the molecule is C[C@H](CCC(=O)O)[C@H]1CC[C@H]2[C@@H]3CCC4CCCC[C@]4(C)[C@H]3CC[C@]12C.C[C@H](N)C(=O)O. The van der Waals surface area contributed by atoms with Gasteiger partial charge in [-0.05, 0) is 111 Å². The lowest BCUT2D eigenvalue weighted by atomic mass is 9.44. The number of carbonyl (C=O) groups is 2. The first-order valence-corrected chi connectivity index (χ1v) is 13.2. The molecule has 1 unspecified atom stereocenters. The maximum atomic E-state index is 11.0. The van der Waals surface area contributed by atoms with Crippen molar-refractivity contribution in [1.29, 1.82) is 0 Å². The first-order chi connectivity index (χ1) is 15.0. The third kappa shape index (κ3) is 4.88. The number of nitrogens with two attached hydrogens (primary N) is 1. The Kier molecular flexibility index (Phi) is 8.00. The van der Waals surface area contributed by atoms with Crippen molar-refractivity contribution in [2.24, 2.45) is 52.1 Å². The summed E-state index contributed by atoms with van der Waals surface area (Å²) in [4.78, 5) is 20.6. The van der Waals surface area contributed by atoms with E-state index < -0.39 is 18.0 Å². The predicted molar refractivity (Wildman–Crippen MR) is 127 cm³/mol. The second-order valence-corrected chi connectivity index (χ2v) is 12.2. The molecule has 9 atom stereocenters. The fraction of sp³-hybridized carbons (Fsp3) is 0.926. The minimum atomic E-state index is -0.963. The normalized spacial score (nSPS) is 42.3. The molecule has 4 N–H and O–H groups in total. The maximum absolute atomic E-state index is 11.0. The Morgan fingerprint density at radius 1 is 0.906 bits per heavy atom. The summed E-state index contributed by atoms with van der Waals surface area (Å²) in [6, 6.07) is -0.731. The number of hydrogen-bond donors (Lipinski definition) is 3. The molecule has 0 aromatic rings. The zero-order chi connectivity index (χ0) is 23.7.